The Morgan fingerprint density at radius 3 is 2.65 bits per heavy atom. The average Bonchev–Trinajstić information content (AvgIpc) is 2.67. The monoisotopic (exact) mass is 243 g/mol. The van der Waals surface area contributed by atoms with E-state index < -0.39 is 29.9 Å². The molecule has 2 aliphatic heterocycles. The Morgan fingerprint density at radius 1 is 1.41 bits per heavy atom. The Hall–Kier alpha value is -0.850. The van der Waals surface area contributed by atoms with Crippen molar-refractivity contribution in [1.82, 2.24) is 0 Å². The molecule has 0 aromatic rings. The molecule has 0 spiro atoms. The van der Waals surface area contributed by atoms with Gasteiger partial charge in [0.2, 0.25) is 5.79 Å². The van der Waals surface area contributed by atoms with Crippen LogP contribution in [0.15, 0.2) is 5.11 Å². The molecule has 0 unspecified atom stereocenters. The maximum Gasteiger partial charge on any atom is 0.200 e. The molecule has 0 amide bonds. The third kappa shape index (κ3) is 2.00. The molecule has 0 aliphatic carbocycles. The summed E-state index contributed by atoms with van der Waals surface area (Å²) >= 11 is 0. The summed E-state index contributed by atoms with van der Waals surface area (Å²) in [5.74, 6) is -1.70. The number of aliphatic hydroxyl groups excluding tert-OH is 1. The van der Waals surface area contributed by atoms with Crippen LogP contribution >= 0.6 is 0 Å². The fourth-order valence-electron chi connectivity index (χ4n) is 2.45. The van der Waals surface area contributed by atoms with Gasteiger partial charge in [-0.25, -0.2) is 0 Å². The highest BCUT2D eigenvalue weighted by Crippen LogP contribution is 2.47. The third-order valence-electron chi connectivity index (χ3n) is 3.12. The highest BCUT2D eigenvalue weighted by molar-refractivity contribution is 5.02. The van der Waals surface area contributed by atoms with Crippen molar-refractivity contribution >= 4 is 0 Å². The van der Waals surface area contributed by atoms with Gasteiger partial charge in [0.15, 0.2) is 5.79 Å². The second-order valence-corrected chi connectivity index (χ2v) is 4.77. The van der Waals surface area contributed by atoms with Crippen LogP contribution in [0.2, 0.25) is 0 Å². The molecule has 2 heterocycles. The van der Waals surface area contributed by atoms with Crippen molar-refractivity contribution in [3.8, 4) is 0 Å². The first-order valence-electron chi connectivity index (χ1n) is 5.69. The fourth-order valence-corrected chi connectivity index (χ4v) is 2.45. The molecule has 2 saturated heterocycles. The number of aliphatic hydroxyl groups is 1. The minimum atomic E-state index is -0.932. The molecule has 0 radical (unpaired) electrons. The molecule has 0 saturated carbocycles. The van der Waals surface area contributed by atoms with Crippen LogP contribution in [0.3, 0.4) is 0 Å². The second kappa shape index (κ2) is 4.12. The predicted molar refractivity (Wildman–Crippen MR) is 58.0 cm³/mol. The molecule has 0 aromatic carbocycles. The van der Waals surface area contributed by atoms with Crippen molar-refractivity contribution in [3.05, 3.63) is 10.4 Å². The Morgan fingerprint density at radius 2 is 2.12 bits per heavy atom. The molecule has 2 rings (SSSR count). The molecule has 0 aromatic heterocycles. The van der Waals surface area contributed by atoms with Crippen LogP contribution < -0.4 is 0 Å². The molecule has 2 fully saturated rings. The first-order chi connectivity index (χ1) is 7.94. The number of nitrogens with zero attached hydrogens (tertiary/aromatic N) is 3. The van der Waals surface area contributed by atoms with Gasteiger partial charge in [-0.1, -0.05) is 12.0 Å². The van der Waals surface area contributed by atoms with E-state index in [9.17, 15) is 5.11 Å². The summed E-state index contributed by atoms with van der Waals surface area (Å²) in [6.45, 7) is 5.53. The SMILES string of the molecule is CC[C@@]12O[C@@H](CN=[N+]=[N-])[C@@H](O)[C@@H]1OC(C)(C)O2. The zero-order chi connectivity index (χ0) is 12.7. The van der Waals surface area contributed by atoms with Gasteiger partial charge in [-0.3, -0.25) is 0 Å². The fraction of sp³-hybridized carbons (Fsp3) is 1.00. The van der Waals surface area contributed by atoms with Crippen LogP contribution in [0.25, 0.3) is 10.4 Å². The summed E-state index contributed by atoms with van der Waals surface area (Å²) in [5.41, 5.74) is 8.28. The molecular weight excluding hydrogens is 226 g/mol. The van der Waals surface area contributed by atoms with Crippen molar-refractivity contribution in [2.45, 2.75) is 57.1 Å². The van der Waals surface area contributed by atoms with Crippen molar-refractivity contribution in [2.75, 3.05) is 6.54 Å². The van der Waals surface area contributed by atoms with Crippen LogP contribution in [0.4, 0.5) is 0 Å². The standard InChI is InChI=1S/C10H17N3O4/c1-4-10-8(16-9(2,3)17-10)7(14)6(15-10)5-12-13-11/h6-8,14H,4-5H2,1-3H3/t6-,7+,8-,10-/m0/s1. The van der Waals surface area contributed by atoms with Crippen molar-refractivity contribution < 1.29 is 19.3 Å². The lowest BCUT2D eigenvalue weighted by atomic mass is 10.0. The van der Waals surface area contributed by atoms with Crippen LogP contribution in [-0.2, 0) is 14.2 Å². The van der Waals surface area contributed by atoms with E-state index in [-0.39, 0.29) is 6.54 Å². The van der Waals surface area contributed by atoms with Gasteiger partial charge in [-0.2, -0.15) is 0 Å². The highest BCUT2D eigenvalue weighted by Gasteiger charge is 2.63. The molecule has 4 atom stereocenters. The number of hydrogen-bond donors (Lipinski definition) is 1. The van der Waals surface area contributed by atoms with Crippen molar-refractivity contribution in [1.29, 1.82) is 0 Å². The predicted octanol–water partition coefficient (Wildman–Crippen LogP) is 1.31. The zero-order valence-corrected chi connectivity index (χ0v) is 10.2. The van der Waals surface area contributed by atoms with E-state index in [1.165, 1.54) is 0 Å². The van der Waals surface area contributed by atoms with E-state index >= 15 is 0 Å². The van der Waals surface area contributed by atoms with E-state index in [1.54, 1.807) is 13.8 Å². The van der Waals surface area contributed by atoms with E-state index in [0.717, 1.165) is 0 Å². The zero-order valence-electron chi connectivity index (χ0n) is 10.2. The first-order valence-corrected chi connectivity index (χ1v) is 5.69. The summed E-state index contributed by atoms with van der Waals surface area (Å²) in [5, 5.41) is 13.5. The van der Waals surface area contributed by atoms with Gasteiger partial charge in [0.1, 0.15) is 12.2 Å². The number of ether oxygens (including phenoxy) is 3. The summed E-state index contributed by atoms with van der Waals surface area (Å²) in [6.07, 6.45) is -1.40. The smallest absolute Gasteiger partial charge is 0.200 e. The number of hydrogen-bond acceptors (Lipinski definition) is 5. The van der Waals surface area contributed by atoms with Gasteiger partial charge < -0.3 is 19.3 Å². The molecular formula is C10H17N3O4. The number of fused-ring (bicyclic) bond motifs is 1. The van der Waals surface area contributed by atoms with E-state index in [1.807, 2.05) is 6.92 Å². The lowest BCUT2D eigenvalue weighted by molar-refractivity contribution is -0.262. The lowest BCUT2D eigenvalue weighted by Crippen LogP contribution is -2.39. The quantitative estimate of drug-likeness (QED) is 0.459. The average molecular weight is 243 g/mol. The lowest BCUT2D eigenvalue weighted by Gasteiger charge is -2.27. The van der Waals surface area contributed by atoms with Crippen molar-refractivity contribution in [3.63, 3.8) is 0 Å². The molecule has 96 valence electrons. The third-order valence-corrected chi connectivity index (χ3v) is 3.12. The minimum Gasteiger partial charge on any atom is -0.387 e. The summed E-state index contributed by atoms with van der Waals surface area (Å²) in [6, 6.07) is 0. The van der Waals surface area contributed by atoms with Crippen LogP contribution in [-0.4, -0.2) is 41.5 Å². The first kappa shape index (κ1) is 12.6. The maximum absolute atomic E-state index is 10.1. The number of rotatable bonds is 3. The van der Waals surface area contributed by atoms with E-state index in [2.05, 4.69) is 10.0 Å². The minimum absolute atomic E-state index is 0.0725. The molecule has 17 heavy (non-hydrogen) atoms. The molecule has 1 N–H and O–H groups in total. The second-order valence-electron chi connectivity index (χ2n) is 4.77. The topological polar surface area (TPSA) is 96.7 Å². The maximum atomic E-state index is 10.1. The van der Waals surface area contributed by atoms with Gasteiger partial charge in [0.25, 0.3) is 0 Å². The molecule has 7 heteroatoms. The van der Waals surface area contributed by atoms with Gasteiger partial charge in [-0.05, 0) is 19.4 Å². The molecule has 0 bridgehead atoms. The van der Waals surface area contributed by atoms with Crippen LogP contribution in [0, 0.1) is 0 Å². The number of azide groups is 1. The highest BCUT2D eigenvalue weighted by atomic mass is 16.9. The summed E-state index contributed by atoms with van der Waals surface area (Å²) in [4.78, 5) is 2.66. The largest absolute Gasteiger partial charge is 0.387 e. The van der Waals surface area contributed by atoms with E-state index in [4.69, 9.17) is 19.7 Å². The molecule has 7 nitrogen and oxygen atoms in total. The Labute approximate surface area is 99.3 Å². The normalized spacial score (nSPS) is 43.2. The Kier molecular flexibility index (Phi) is 3.05. The van der Waals surface area contributed by atoms with Gasteiger partial charge in [-0.15, -0.1) is 0 Å². The van der Waals surface area contributed by atoms with Gasteiger partial charge >= 0.3 is 0 Å². The van der Waals surface area contributed by atoms with Crippen molar-refractivity contribution in [2.24, 2.45) is 5.11 Å². The van der Waals surface area contributed by atoms with Gasteiger partial charge in [0.05, 0.1) is 12.6 Å². The van der Waals surface area contributed by atoms with E-state index in [0.29, 0.717) is 6.42 Å². The Balaban J connectivity index is 2.18. The molecule has 2 aliphatic rings. The Bertz CT molecular complexity index is 355. The van der Waals surface area contributed by atoms with Crippen LogP contribution in [0.1, 0.15) is 27.2 Å². The van der Waals surface area contributed by atoms with Crippen LogP contribution in [0.5, 0.6) is 0 Å². The van der Waals surface area contributed by atoms with Gasteiger partial charge in [0, 0.05) is 11.3 Å². The summed E-state index contributed by atoms with van der Waals surface area (Å²) in [7, 11) is 0. The summed E-state index contributed by atoms with van der Waals surface area (Å²) < 4.78 is 17.1.